The molecular weight excluding hydrogens is 1070 g/mol. The first-order valence-electron chi connectivity index (χ1n) is 22.4. The molecule has 334 valence electrons. The van der Waals surface area contributed by atoms with Gasteiger partial charge >= 0.3 is 221 Å². The van der Waals surface area contributed by atoms with Crippen molar-refractivity contribution in [2.24, 2.45) is 0 Å². The van der Waals surface area contributed by atoms with Crippen LogP contribution in [0.5, 0.6) is 0 Å². The minimum Gasteiger partial charge on any atom is -0.343 e. The third-order valence-corrected chi connectivity index (χ3v) is 18.7. The van der Waals surface area contributed by atoms with E-state index in [1.54, 1.807) is 6.07 Å². The maximum absolute atomic E-state index is 15.4. The van der Waals surface area contributed by atoms with Crippen molar-refractivity contribution < 1.29 is 33.5 Å². The van der Waals surface area contributed by atoms with Gasteiger partial charge in [-0.3, -0.25) is 0 Å². The predicted molar refractivity (Wildman–Crippen MR) is 274 cm³/mol. The van der Waals surface area contributed by atoms with Gasteiger partial charge in [-0.1, -0.05) is 60.5 Å². The smallest absolute Gasteiger partial charge is 0.343 e. The summed E-state index contributed by atoms with van der Waals surface area (Å²) in [6.45, 7) is 20.1. The summed E-state index contributed by atoms with van der Waals surface area (Å²) in [7, 11) is 2.84. The molecule has 0 aliphatic heterocycles. The molecule has 0 fully saturated rings. The van der Waals surface area contributed by atoms with E-state index >= 15 is 4.39 Å². The summed E-state index contributed by atoms with van der Waals surface area (Å²) in [5.74, 6) is 7.72. The van der Waals surface area contributed by atoms with Crippen LogP contribution in [0.15, 0.2) is 132 Å². The van der Waals surface area contributed by atoms with E-state index in [1.807, 2.05) is 59.2 Å². The van der Waals surface area contributed by atoms with Gasteiger partial charge in [0.15, 0.2) is 11.4 Å². The average Bonchev–Trinajstić information content (AvgIpc) is 3.85. The van der Waals surface area contributed by atoms with Crippen molar-refractivity contribution in [3.8, 4) is 45.5 Å². The van der Waals surface area contributed by atoms with Gasteiger partial charge < -0.3 is 8.98 Å². The molecule has 0 aliphatic rings. The number of pyridine rings is 1. The Kier molecular flexibility index (Phi) is 13.8. The van der Waals surface area contributed by atoms with Crippen LogP contribution < -0.4 is 14.1 Å². The van der Waals surface area contributed by atoms with Gasteiger partial charge in [0.25, 0.3) is 0 Å². The van der Waals surface area contributed by atoms with Crippen molar-refractivity contribution in [3.63, 3.8) is 0 Å². The average molecular weight is 1130 g/mol. The van der Waals surface area contributed by atoms with Crippen LogP contribution in [0.1, 0.15) is 61.8 Å². The standard InChI is InChI=1S/C41H37FGeN3O.C16H20NSi.Ir/c1-24(2)33-21-28(26-15-18-29(19-16-26)43(5,6)7)22-34(25(3)4)38(33)46-36-14-9-8-13-35(36)45-41(46)32-12-10-11-30-31-20-17-27(23-44)37(42)40(31)47-39(30)32;1-13-8-6-7-9-15(13)16-11-10-14(12-17(16)2)18(3,4)5;/h8-11,13-22,24-25H,1-7H3;6-12H,1-2H2,3-5H3;/q2*-1;+3. The Morgan fingerprint density at radius 3 is 2.05 bits per heavy atom. The Morgan fingerprint density at radius 2 is 1.44 bits per heavy atom. The first-order valence-corrected chi connectivity index (χ1v) is 33.2. The summed E-state index contributed by atoms with van der Waals surface area (Å²) >= 11 is -1.94. The molecule has 0 amide bonds. The molecule has 6 aromatic carbocycles. The SMILES string of the molecule is CC(C)c1cc(-c2cc[c]([Ge]([CH3])([CH3])[CH3])cc2)cc(C(C)C)c1-n1c(-c2[c-]ccc3c2oc2c(F)c(C#N)ccc23)nc2ccccc21.[CH2-]c1ccccc1-c1ccc([Si](C)(C)C)c[n+]1[CH2-].[Ir+3]. The van der Waals surface area contributed by atoms with E-state index < -0.39 is 27.2 Å². The number of halogens is 1. The number of imidazole rings is 1. The number of hydrogen-bond donors (Lipinski definition) is 0. The van der Waals surface area contributed by atoms with E-state index in [1.165, 1.54) is 37.9 Å². The summed E-state index contributed by atoms with van der Waals surface area (Å²) in [5, 5.41) is 12.2. The normalized spacial score (nSPS) is 11.8. The van der Waals surface area contributed by atoms with Crippen molar-refractivity contribution in [1.29, 1.82) is 5.26 Å². The monoisotopic (exact) mass is 1130 g/mol. The van der Waals surface area contributed by atoms with Crippen molar-refractivity contribution in [1.82, 2.24) is 9.55 Å². The van der Waals surface area contributed by atoms with Crippen LogP contribution in [-0.4, -0.2) is 30.9 Å². The number of rotatable bonds is 8. The fourth-order valence-corrected chi connectivity index (χ4v) is 12.2. The molecule has 0 spiro atoms. The molecule has 0 saturated heterocycles. The van der Waals surface area contributed by atoms with Crippen LogP contribution in [0.2, 0.25) is 36.9 Å². The molecule has 0 N–H and O–H groups in total. The quantitative estimate of drug-likeness (QED) is 0.0865. The summed E-state index contributed by atoms with van der Waals surface area (Å²) in [5.41, 5.74) is 12.2. The molecule has 3 heterocycles. The molecular formula is C57H57FGeIrN4OSi+. The van der Waals surface area contributed by atoms with Gasteiger partial charge in [-0.2, -0.15) is 23.8 Å². The van der Waals surface area contributed by atoms with Crippen LogP contribution in [0, 0.1) is 37.2 Å². The number of benzene rings is 6. The van der Waals surface area contributed by atoms with Crippen molar-refractivity contribution in [2.75, 3.05) is 0 Å². The first kappa shape index (κ1) is 48.2. The largest absolute Gasteiger partial charge is 3.00 e. The number of aromatic nitrogens is 3. The Bertz CT molecular complexity index is 3260. The van der Waals surface area contributed by atoms with E-state index in [0.717, 1.165) is 38.9 Å². The van der Waals surface area contributed by atoms with Crippen LogP contribution in [0.4, 0.5) is 4.39 Å². The molecule has 0 saturated carbocycles. The van der Waals surface area contributed by atoms with Crippen LogP contribution >= 0.6 is 0 Å². The van der Waals surface area contributed by atoms with Crippen molar-refractivity contribution in [3.05, 3.63) is 176 Å². The molecule has 0 radical (unpaired) electrons. The zero-order valence-corrected chi connectivity index (χ0v) is 45.1. The number of fused-ring (bicyclic) bond motifs is 4. The second-order valence-electron chi connectivity index (χ2n) is 19.7. The van der Waals surface area contributed by atoms with E-state index in [2.05, 4.69) is 156 Å². The van der Waals surface area contributed by atoms with Crippen molar-refractivity contribution in [2.45, 2.75) is 76.4 Å². The van der Waals surface area contributed by atoms with Crippen LogP contribution in [0.25, 0.3) is 72.4 Å². The Balaban J connectivity index is 0.000000287. The van der Waals surface area contributed by atoms with Gasteiger partial charge in [0.2, 0.25) is 0 Å². The zero-order valence-electron chi connectivity index (χ0n) is 39.6. The summed E-state index contributed by atoms with van der Waals surface area (Å²) < 4.78 is 27.3. The van der Waals surface area contributed by atoms with E-state index in [0.29, 0.717) is 22.4 Å². The molecule has 3 aromatic heterocycles. The second-order valence-corrected chi connectivity index (χ2v) is 35.4. The fraction of sp³-hybridized carbons (Fsp3) is 0.211. The van der Waals surface area contributed by atoms with Gasteiger partial charge in [0.05, 0.1) is 25.5 Å². The topological polar surface area (TPSA) is 58.6 Å². The summed E-state index contributed by atoms with van der Waals surface area (Å²) in [6, 6.07) is 46.9. The summed E-state index contributed by atoms with van der Waals surface area (Å²) in [4.78, 5) is 5.18. The molecule has 0 atom stereocenters. The molecule has 66 heavy (non-hydrogen) atoms. The third-order valence-electron chi connectivity index (χ3n) is 12.4. The molecule has 9 rings (SSSR count). The number of furan rings is 1. The molecule has 5 nitrogen and oxygen atoms in total. The molecule has 0 bridgehead atoms. The Labute approximate surface area is 407 Å². The number of hydrogen-bond acceptors (Lipinski definition) is 3. The predicted octanol–water partition coefficient (Wildman–Crippen LogP) is 13.9. The minimum atomic E-state index is -1.94. The second kappa shape index (κ2) is 18.9. The van der Waals surface area contributed by atoms with E-state index in [-0.39, 0.29) is 43.1 Å². The van der Waals surface area contributed by atoms with Crippen molar-refractivity contribution >= 4 is 63.9 Å². The molecule has 0 aliphatic carbocycles. The Morgan fingerprint density at radius 1 is 0.803 bits per heavy atom. The number of nitriles is 1. The fourth-order valence-electron chi connectivity index (χ4n) is 8.60. The Hall–Kier alpha value is -5.69. The first-order chi connectivity index (χ1) is 30.9. The van der Waals surface area contributed by atoms with Crippen LogP contribution in [-0.2, 0) is 20.1 Å². The van der Waals surface area contributed by atoms with E-state index in [9.17, 15) is 5.26 Å². The maximum Gasteiger partial charge on any atom is 3.00 e. The zero-order chi connectivity index (χ0) is 46.5. The van der Waals surface area contributed by atoms with Gasteiger partial charge in [-0.05, 0) is 6.07 Å². The molecule has 9 heteroatoms. The van der Waals surface area contributed by atoms with E-state index in [4.69, 9.17) is 9.40 Å². The summed E-state index contributed by atoms with van der Waals surface area (Å²) in [6.07, 6.45) is 2.16. The third kappa shape index (κ3) is 9.20. The van der Waals surface area contributed by atoms with Gasteiger partial charge in [-0.15, -0.1) is 29.8 Å². The number of nitrogens with zero attached hydrogens (tertiary/aromatic N) is 4. The molecule has 9 aromatic rings. The minimum absolute atomic E-state index is 0. The van der Waals surface area contributed by atoms with Gasteiger partial charge in [0, 0.05) is 12.4 Å². The van der Waals surface area contributed by atoms with Crippen LogP contribution in [0.3, 0.4) is 0 Å². The number of para-hydroxylation sites is 2. The maximum atomic E-state index is 15.4. The van der Waals surface area contributed by atoms with Gasteiger partial charge in [-0.25, -0.2) is 4.39 Å². The van der Waals surface area contributed by atoms with Gasteiger partial charge in [0.1, 0.15) is 6.07 Å². The molecule has 0 unspecified atom stereocenters.